The number of halogens is 2. The zero-order valence-electron chi connectivity index (χ0n) is 10.4. The molecule has 2 rings (SSSR count). The van der Waals surface area contributed by atoms with Crippen molar-refractivity contribution >= 4 is 49.1 Å². The Labute approximate surface area is 133 Å². The van der Waals surface area contributed by atoms with Gasteiger partial charge in [-0.1, -0.05) is 0 Å². The van der Waals surface area contributed by atoms with Crippen molar-refractivity contribution in [3.8, 4) is 11.8 Å². The number of hydrogen-bond acceptors (Lipinski definition) is 5. The van der Waals surface area contributed by atoms with Crippen LogP contribution in [0.25, 0.3) is 0 Å². The number of methoxy groups -OCH3 is 1. The molecule has 0 radical (unpaired) electrons. The fraction of sp³-hybridized carbons (Fsp3) is 0.0769. The highest BCUT2D eigenvalue weighted by Crippen LogP contribution is 2.36. The molecule has 0 atom stereocenters. The number of nitrogens with one attached hydrogen (secondary N) is 1. The van der Waals surface area contributed by atoms with E-state index in [4.69, 9.17) is 15.7 Å². The molecule has 1 aromatic carbocycles. The van der Waals surface area contributed by atoms with E-state index in [1.807, 2.05) is 18.2 Å². The summed E-state index contributed by atoms with van der Waals surface area (Å²) in [6.45, 7) is 0. The Kier molecular flexibility index (Phi) is 4.47. The van der Waals surface area contributed by atoms with Crippen LogP contribution in [0.4, 0.5) is 17.2 Å². The summed E-state index contributed by atoms with van der Waals surface area (Å²) in [6.07, 6.45) is 1.46. The van der Waals surface area contributed by atoms with Gasteiger partial charge in [0.1, 0.15) is 11.8 Å². The Bertz CT molecular complexity index is 698. The van der Waals surface area contributed by atoms with Gasteiger partial charge in [-0.15, -0.1) is 0 Å². The van der Waals surface area contributed by atoms with Gasteiger partial charge in [0.2, 0.25) is 0 Å². The van der Waals surface area contributed by atoms with Gasteiger partial charge in [-0.25, -0.2) is 4.98 Å². The number of hydrogen-bond donors (Lipinski definition) is 2. The van der Waals surface area contributed by atoms with Crippen molar-refractivity contribution in [2.75, 3.05) is 18.2 Å². The molecule has 0 bridgehead atoms. The van der Waals surface area contributed by atoms with E-state index >= 15 is 0 Å². The van der Waals surface area contributed by atoms with E-state index < -0.39 is 0 Å². The van der Waals surface area contributed by atoms with Gasteiger partial charge < -0.3 is 15.8 Å². The maximum Gasteiger partial charge on any atom is 0.153 e. The van der Waals surface area contributed by atoms with Crippen molar-refractivity contribution in [1.82, 2.24) is 4.98 Å². The molecular formula is C13H10Br2N4O. The van der Waals surface area contributed by atoms with Crippen LogP contribution in [0.5, 0.6) is 5.75 Å². The number of nitrogens with zero attached hydrogens (tertiary/aromatic N) is 2. The van der Waals surface area contributed by atoms with Crippen LogP contribution in [-0.4, -0.2) is 12.1 Å². The third-order valence-corrected chi connectivity index (χ3v) is 3.82. The first kappa shape index (κ1) is 14.6. The first-order valence-corrected chi connectivity index (χ1v) is 7.09. The number of aromatic nitrogens is 1. The average Bonchev–Trinajstić information content (AvgIpc) is 2.43. The molecule has 1 heterocycles. The van der Waals surface area contributed by atoms with E-state index in [0.29, 0.717) is 22.8 Å². The first-order chi connectivity index (χ1) is 9.55. The van der Waals surface area contributed by atoms with Crippen molar-refractivity contribution < 1.29 is 4.74 Å². The van der Waals surface area contributed by atoms with Crippen LogP contribution in [0.3, 0.4) is 0 Å². The second-order valence-electron chi connectivity index (χ2n) is 3.87. The molecule has 0 spiro atoms. The molecule has 3 N–H and O–H groups in total. The number of ether oxygens (including phenoxy) is 1. The maximum absolute atomic E-state index is 8.79. The van der Waals surface area contributed by atoms with Crippen LogP contribution in [0.1, 0.15) is 5.56 Å². The monoisotopic (exact) mass is 396 g/mol. The van der Waals surface area contributed by atoms with Crippen LogP contribution in [0, 0.1) is 11.3 Å². The lowest BCUT2D eigenvalue weighted by molar-refractivity contribution is 0.412. The van der Waals surface area contributed by atoms with Crippen LogP contribution in [0.15, 0.2) is 33.3 Å². The number of nitrogens with two attached hydrogens (primary N) is 1. The smallest absolute Gasteiger partial charge is 0.153 e. The topological polar surface area (TPSA) is 84.0 Å². The first-order valence-electron chi connectivity index (χ1n) is 5.51. The number of nitriles is 1. The van der Waals surface area contributed by atoms with Gasteiger partial charge in [-0.3, -0.25) is 0 Å². The van der Waals surface area contributed by atoms with E-state index in [1.165, 1.54) is 6.20 Å². The minimum Gasteiger partial charge on any atom is -0.495 e. The molecule has 0 amide bonds. The minimum absolute atomic E-state index is 0.401. The van der Waals surface area contributed by atoms with Crippen LogP contribution < -0.4 is 15.8 Å². The average molecular weight is 398 g/mol. The molecule has 0 saturated heterocycles. The zero-order chi connectivity index (χ0) is 14.7. The van der Waals surface area contributed by atoms with Crippen molar-refractivity contribution in [3.05, 3.63) is 38.9 Å². The highest BCUT2D eigenvalue weighted by atomic mass is 79.9. The maximum atomic E-state index is 8.79. The van der Waals surface area contributed by atoms with Gasteiger partial charge in [0, 0.05) is 16.7 Å². The highest BCUT2D eigenvalue weighted by molar-refractivity contribution is 9.11. The normalized spacial score (nSPS) is 9.90. The van der Waals surface area contributed by atoms with Crippen LogP contribution in [-0.2, 0) is 0 Å². The van der Waals surface area contributed by atoms with Gasteiger partial charge in [-0.2, -0.15) is 5.26 Å². The lowest BCUT2D eigenvalue weighted by Gasteiger charge is -2.12. The Hall–Kier alpha value is -1.78. The lowest BCUT2D eigenvalue weighted by Crippen LogP contribution is -2.01. The molecule has 102 valence electrons. The number of pyridine rings is 1. The molecule has 5 nitrogen and oxygen atoms in total. The third-order valence-electron chi connectivity index (χ3n) is 2.54. The number of nitrogen functional groups attached to an aromatic ring is 1. The second kappa shape index (κ2) is 6.11. The molecule has 0 fully saturated rings. The van der Waals surface area contributed by atoms with E-state index in [0.717, 1.165) is 14.6 Å². The fourth-order valence-electron chi connectivity index (χ4n) is 1.56. The predicted octanol–water partition coefficient (Wildman–Crippen LogP) is 3.81. The molecule has 2 aromatic rings. The van der Waals surface area contributed by atoms with Gasteiger partial charge in [0.25, 0.3) is 0 Å². The molecule has 0 aliphatic carbocycles. The van der Waals surface area contributed by atoms with E-state index in [1.54, 1.807) is 13.2 Å². The molecular weight excluding hydrogens is 388 g/mol. The van der Waals surface area contributed by atoms with Crippen molar-refractivity contribution in [2.45, 2.75) is 0 Å². The van der Waals surface area contributed by atoms with Gasteiger partial charge in [0.15, 0.2) is 5.82 Å². The van der Waals surface area contributed by atoms with E-state index in [9.17, 15) is 0 Å². The van der Waals surface area contributed by atoms with E-state index in [-0.39, 0.29) is 0 Å². The third kappa shape index (κ3) is 3.03. The van der Waals surface area contributed by atoms with Gasteiger partial charge in [0.05, 0.1) is 28.5 Å². The van der Waals surface area contributed by atoms with Gasteiger partial charge >= 0.3 is 0 Å². The molecule has 0 saturated carbocycles. The Morgan fingerprint density at radius 3 is 2.65 bits per heavy atom. The fourth-order valence-corrected chi connectivity index (χ4v) is 2.81. The van der Waals surface area contributed by atoms with Crippen molar-refractivity contribution in [3.63, 3.8) is 0 Å². The molecule has 0 aliphatic rings. The SMILES string of the molecule is COc1cc(Nc2ncc(C#N)cc2N)c(Br)cc1Br. The minimum atomic E-state index is 0.401. The zero-order valence-corrected chi connectivity index (χ0v) is 13.6. The summed E-state index contributed by atoms with van der Waals surface area (Å²) in [5.74, 6) is 1.16. The number of rotatable bonds is 3. The molecule has 0 aliphatic heterocycles. The lowest BCUT2D eigenvalue weighted by atomic mass is 10.2. The summed E-state index contributed by atoms with van der Waals surface area (Å²) in [7, 11) is 1.59. The number of benzene rings is 1. The Morgan fingerprint density at radius 1 is 1.30 bits per heavy atom. The number of anilines is 3. The van der Waals surface area contributed by atoms with Crippen molar-refractivity contribution in [1.29, 1.82) is 5.26 Å². The molecule has 1 aromatic heterocycles. The predicted molar refractivity (Wildman–Crippen MR) is 85.0 cm³/mol. The quantitative estimate of drug-likeness (QED) is 0.822. The highest BCUT2D eigenvalue weighted by Gasteiger charge is 2.10. The van der Waals surface area contributed by atoms with Gasteiger partial charge in [-0.05, 0) is 44.0 Å². The summed E-state index contributed by atoms with van der Waals surface area (Å²) < 4.78 is 6.90. The van der Waals surface area contributed by atoms with Crippen LogP contribution in [0.2, 0.25) is 0 Å². The molecule has 20 heavy (non-hydrogen) atoms. The van der Waals surface area contributed by atoms with E-state index in [2.05, 4.69) is 42.2 Å². The standard InChI is InChI=1S/C13H10Br2N4O/c1-20-12-4-11(8(14)3-9(12)15)19-13-10(17)2-7(5-16)6-18-13/h2-4,6H,17H2,1H3,(H,18,19). The molecule has 0 unspecified atom stereocenters. The summed E-state index contributed by atoms with van der Waals surface area (Å²) in [6, 6.07) is 7.23. The Morgan fingerprint density at radius 2 is 2.05 bits per heavy atom. The Balaban J connectivity index is 2.37. The largest absolute Gasteiger partial charge is 0.495 e. The summed E-state index contributed by atoms with van der Waals surface area (Å²) in [5, 5.41) is 11.9. The summed E-state index contributed by atoms with van der Waals surface area (Å²) in [5.41, 5.74) is 7.44. The second-order valence-corrected chi connectivity index (χ2v) is 5.57. The summed E-state index contributed by atoms with van der Waals surface area (Å²) in [4.78, 5) is 4.13. The molecule has 7 heteroatoms. The van der Waals surface area contributed by atoms with Crippen LogP contribution >= 0.6 is 31.9 Å². The van der Waals surface area contributed by atoms with Crippen molar-refractivity contribution in [2.24, 2.45) is 0 Å². The summed E-state index contributed by atoms with van der Waals surface area (Å²) >= 11 is 6.85.